The monoisotopic (exact) mass is 330 g/mol. The van der Waals surface area contributed by atoms with Gasteiger partial charge in [-0.15, -0.1) is 0 Å². The molecule has 126 valence electrons. The molecule has 0 aliphatic carbocycles. The first-order valence-electron chi connectivity index (χ1n) is 7.31. The molecule has 0 amide bonds. The Bertz CT molecular complexity index is 683. The Balaban J connectivity index is 2.05. The Morgan fingerprint density at radius 3 is 2.46 bits per heavy atom. The minimum absolute atomic E-state index is 0.0153. The van der Waals surface area contributed by atoms with Crippen LogP contribution in [-0.2, 0) is 9.47 Å². The molecule has 0 unspecified atom stereocenters. The van der Waals surface area contributed by atoms with E-state index >= 15 is 0 Å². The van der Waals surface area contributed by atoms with Crippen LogP contribution in [0, 0.1) is 0 Å². The Hall–Kier alpha value is -2.70. The van der Waals surface area contributed by atoms with E-state index < -0.39 is 5.97 Å². The number of esters is 1. The number of carbonyl (C=O) groups is 2. The van der Waals surface area contributed by atoms with E-state index in [2.05, 4.69) is 0 Å². The van der Waals surface area contributed by atoms with Gasteiger partial charge in [-0.3, -0.25) is 4.79 Å². The van der Waals surface area contributed by atoms with Gasteiger partial charge in [0.15, 0.2) is 13.1 Å². The average Bonchev–Trinajstić information content (AvgIpc) is 2.62. The summed E-state index contributed by atoms with van der Waals surface area (Å²) >= 11 is 0. The number of hydrogen-bond donors (Lipinski definition) is 0. The zero-order chi connectivity index (χ0) is 17.2. The van der Waals surface area contributed by atoms with Crippen molar-refractivity contribution >= 4 is 12.3 Å². The standard InChI is InChI=1S/C18H18O6/c1-21-10-11-22-13-23-17-9-5-3-7-15(17)18(20)24-16-8-4-2-6-14(16)12-19/h2-9,12H,10-11,13H2,1H3. The van der Waals surface area contributed by atoms with Crippen molar-refractivity contribution in [2.75, 3.05) is 27.1 Å². The van der Waals surface area contributed by atoms with Gasteiger partial charge in [-0.25, -0.2) is 4.79 Å². The summed E-state index contributed by atoms with van der Waals surface area (Å²) in [6.45, 7) is 0.823. The molecule has 6 heteroatoms. The van der Waals surface area contributed by atoms with Crippen molar-refractivity contribution in [3.8, 4) is 11.5 Å². The van der Waals surface area contributed by atoms with Crippen LogP contribution in [0.5, 0.6) is 11.5 Å². The maximum atomic E-state index is 12.4. The number of para-hydroxylation sites is 2. The quantitative estimate of drug-likeness (QED) is 0.231. The van der Waals surface area contributed by atoms with Gasteiger partial charge in [-0.05, 0) is 24.3 Å². The molecule has 6 nitrogen and oxygen atoms in total. The topological polar surface area (TPSA) is 71.1 Å². The molecule has 0 fully saturated rings. The summed E-state index contributed by atoms with van der Waals surface area (Å²) in [5, 5.41) is 0. The number of benzene rings is 2. The Morgan fingerprint density at radius 1 is 1.00 bits per heavy atom. The zero-order valence-corrected chi connectivity index (χ0v) is 13.3. The molecule has 2 rings (SSSR count). The lowest BCUT2D eigenvalue weighted by Crippen LogP contribution is -2.13. The molecule has 2 aromatic rings. The highest BCUT2D eigenvalue weighted by molar-refractivity contribution is 5.95. The zero-order valence-electron chi connectivity index (χ0n) is 13.3. The van der Waals surface area contributed by atoms with Crippen molar-refractivity contribution in [2.45, 2.75) is 0 Å². The normalized spacial score (nSPS) is 10.2. The van der Waals surface area contributed by atoms with Gasteiger partial charge >= 0.3 is 5.97 Å². The Labute approximate surface area is 139 Å². The lowest BCUT2D eigenvalue weighted by molar-refractivity contribution is -0.00893. The average molecular weight is 330 g/mol. The van der Waals surface area contributed by atoms with E-state index in [1.165, 1.54) is 0 Å². The van der Waals surface area contributed by atoms with E-state index in [1.807, 2.05) is 0 Å². The molecule has 0 atom stereocenters. The van der Waals surface area contributed by atoms with Gasteiger partial charge in [0.1, 0.15) is 17.1 Å². The first-order chi connectivity index (χ1) is 11.8. The molecule has 0 spiro atoms. The highest BCUT2D eigenvalue weighted by atomic mass is 16.7. The summed E-state index contributed by atoms with van der Waals surface area (Å²) in [6, 6.07) is 13.2. The summed E-state index contributed by atoms with van der Waals surface area (Å²) in [6.07, 6.45) is 0.634. The highest BCUT2D eigenvalue weighted by Crippen LogP contribution is 2.22. The maximum Gasteiger partial charge on any atom is 0.347 e. The molecule has 2 aromatic carbocycles. The van der Waals surface area contributed by atoms with Crippen LogP contribution in [0.25, 0.3) is 0 Å². The van der Waals surface area contributed by atoms with Crippen LogP contribution in [0.15, 0.2) is 48.5 Å². The van der Waals surface area contributed by atoms with E-state index in [4.69, 9.17) is 18.9 Å². The van der Waals surface area contributed by atoms with Crippen molar-refractivity contribution < 1.29 is 28.5 Å². The second kappa shape index (κ2) is 9.44. The van der Waals surface area contributed by atoms with Gasteiger partial charge in [-0.1, -0.05) is 24.3 Å². The molecule has 0 saturated heterocycles. The minimum atomic E-state index is -0.614. The molecule has 0 N–H and O–H groups in total. The SMILES string of the molecule is COCCOCOc1ccccc1C(=O)Oc1ccccc1C=O. The predicted octanol–water partition coefficient (Wildman–Crippen LogP) is 2.72. The molecule has 24 heavy (non-hydrogen) atoms. The summed E-state index contributed by atoms with van der Waals surface area (Å²) in [7, 11) is 1.58. The molecule has 0 aliphatic rings. The molecule has 0 heterocycles. The number of aldehydes is 1. The smallest absolute Gasteiger partial charge is 0.347 e. The van der Waals surface area contributed by atoms with E-state index in [1.54, 1.807) is 55.6 Å². The predicted molar refractivity (Wildman–Crippen MR) is 86.6 cm³/mol. The fraction of sp³-hybridized carbons (Fsp3) is 0.222. The number of hydrogen-bond acceptors (Lipinski definition) is 6. The minimum Gasteiger partial charge on any atom is -0.467 e. The summed E-state index contributed by atoms with van der Waals surface area (Å²) in [5.41, 5.74) is 0.542. The van der Waals surface area contributed by atoms with Crippen LogP contribution >= 0.6 is 0 Å². The van der Waals surface area contributed by atoms with Gasteiger partial charge in [0, 0.05) is 7.11 Å². The molecule has 0 bridgehead atoms. The second-order valence-corrected chi connectivity index (χ2v) is 4.70. The number of rotatable bonds is 9. The fourth-order valence-electron chi connectivity index (χ4n) is 1.89. The molecule has 0 radical (unpaired) electrons. The van der Waals surface area contributed by atoms with Gasteiger partial charge in [0.2, 0.25) is 0 Å². The van der Waals surface area contributed by atoms with Gasteiger partial charge < -0.3 is 18.9 Å². The van der Waals surface area contributed by atoms with Gasteiger partial charge in [0.25, 0.3) is 0 Å². The summed E-state index contributed by atoms with van der Waals surface area (Å²) < 4.78 is 20.8. The lowest BCUT2D eigenvalue weighted by atomic mass is 10.2. The van der Waals surface area contributed by atoms with E-state index in [9.17, 15) is 9.59 Å². The van der Waals surface area contributed by atoms with Crippen molar-refractivity contribution in [3.63, 3.8) is 0 Å². The highest BCUT2D eigenvalue weighted by Gasteiger charge is 2.16. The van der Waals surface area contributed by atoms with E-state index in [0.717, 1.165) is 0 Å². The largest absolute Gasteiger partial charge is 0.467 e. The first-order valence-corrected chi connectivity index (χ1v) is 7.31. The molecule has 0 saturated carbocycles. The lowest BCUT2D eigenvalue weighted by Gasteiger charge is -2.12. The van der Waals surface area contributed by atoms with Crippen molar-refractivity contribution in [1.29, 1.82) is 0 Å². The summed E-state index contributed by atoms with van der Waals surface area (Å²) in [5.74, 6) is -0.0797. The van der Waals surface area contributed by atoms with Crippen LogP contribution < -0.4 is 9.47 Å². The third-order valence-electron chi connectivity index (χ3n) is 3.09. The van der Waals surface area contributed by atoms with Gasteiger partial charge in [0.05, 0.1) is 18.8 Å². The number of carbonyl (C=O) groups excluding carboxylic acids is 2. The van der Waals surface area contributed by atoms with E-state index in [-0.39, 0.29) is 18.1 Å². The molecular weight excluding hydrogens is 312 g/mol. The molecule has 0 aromatic heterocycles. The van der Waals surface area contributed by atoms with Crippen molar-refractivity contribution in [2.24, 2.45) is 0 Å². The molecule has 0 aliphatic heterocycles. The third-order valence-corrected chi connectivity index (χ3v) is 3.09. The third kappa shape index (κ3) is 4.91. The maximum absolute atomic E-state index is 12.4. The van der Waals surface area contributed by atoms with Crippen LogP contribution in [0.4, 0.5) is 0 Å². The van der Waals surface area contributed by atoms with Gasteiger partial charge in [-0.2, -0.15) is 0 Å². The first kappa shape index (κ1) is 17.7. The van der Waals surface area contributed by atoms with Crippen LogP contribution in [0.1, 0.15) is 20.7 Å². The van der Waals surface area contributed by atoms with Crippen molar-refractivity contribution in [3.05, 3.63) is 59.7 Å². The molecular formula is C18H18O6. The van der Waals surface area contributed by atoms with Crippen LogP contribution in [0.3, 0.4) is 0 Å². The van der Waals surface area contributed by atoms with Crippen LogP contribution in [0.2, 0.25) is 0 Å². The fourth-order valence-corrected chi connectivity index (χ4v) is 1.89. The second-order valence-electron chi connectivity index (χ2n) is 4.70. The summed E-state index contributed by atoms with van der Waals surface area (Å²) in [4.78, 5) is 23.4. The van der Waals surface area contributed by atoms with Crippen LogP contribution in [-0.4, -0.2) is 39.4 Å². The van der Waals surface area contributed by atoms with Crippen molar-refractivity contribution in [1.82, 2.24) is 0 Å². The number of ether oxygens (including phenoxy) is 4. The number of methoxy groups -OCH3 is 1. The Morgan fingerprint density at radius 2 is 1.71 bits per heavy atom. The Kier molecular flexibility index (Phi) is 6.94. The van der Waals surface area contributed by atoms with E-state index in [0.29, 0.717) is 30.8 Å².